The second-order valence-corrected chi connectivity index (χ2v) is 12.6. The molecule has 3 heteroatoms. The molecule has 0 aliphatic rings. The Labute approximate surface area is 283 Å². The van der Waals surface area contributed by atoms with Gasteiger partial charge in [-0.2, -0.15) is 0 Å². The van der Waals surface area contributed by atoms with Crippen LogP contribution in [0.1, 0.15) is 63.0 Å². The zero-order chi connectivity index (χ0) is 36.6. The first-order valence-electron chi connectivity index (χ1n) is 18.5. The van der Waals surface area contributed by atoms with Crippen molar-refractivity contribution in [3.8, 4) is 39.3 Å². The minimum atomic E-state index is -2.25. The molecule has 0 N–H and O–H groups in total. The molecule has 0 saturated carbocycles. The van der Waals surface area contributed by atoms with E-state index in [0.29, 0.717) is 17.0 Å². The first kappa shape index (κ1) is 23.9. The third kappa shape index (κ3) is 4.94. The normalized spacial score (nSPS) is 14.2. The summed E-state index contributed by atoms with van der Waals surface area (Å²) < 4.78 is 51.6. The van der Waals surface area contributed by atoms with Crippen molar-refractivity contribution in [1.82, 2.24) is 9.55 Å². The van der Waals surface area contributed by atoms with Crippen molar-refractivity contribution >= 4 is 33.0 Å². The topological polar surface area (TPSA) is 31.0 Å². The van der Waals surface area contributed by atoms with Crippen LogP contribution in [0.3, 0.4) is 0 Å². The molecule has 0 radical (unpaired) electrons. The van der Waals surface area contributed by atoms with Gasteiger partial charge in [0.25, 0.3) is 0 Å². The first-order chi connectivity index (χ1) is 24.7. The summed E-state index contributed by atoms with van der Waals surface area (Å²) in [5.74, 6) is -1.51. The lowest BCUT2D eigenvalue weighted by Crippen LogP contribution is -2.09. The highest BCUT2D eigenvalue weighted by Crippen LogP contribution is 2.42. The lowest BCUT2D eigenvalue weighted by molar-refractivity contribution is 0.669. The molecule has 0 fully saturated rings. The number of furan rings is 1. The number of benzene rings is 6. The summed E-state index contributed by atoms with van der Waals surface area (Å²) in [6.45, 7) is 5.29. The maximum absolute atomic E-state index is 9.52. The van der Waals surface area contributed by atoms with Gasteiger partial charge in [-0.3, -0.25) is 4.57 Å². The molecule has 0 spiro atoms. The third-order valence-electron chi connectivity index (χ3n) is 9.03. The Kier molecular flexibility index (Phi) is 5.80. The summed E-state index contributed by atoms with van der Waals surface area (Å²) >= 11 is 0. The van der Waals surface area contributed by atoms with Crippen LogP contribution < -0.4 is 0 Å². The highest BCUT2D eigenvalue weighted by Gasteiger charge is 2.25. The Morgan fingerprint density at radius 2 is 1.30 bits per heavy atom. The number of fused-ring (bicyclic) bond motifs is 4. The quantitative estimate of drug-likeness (QED) is 0.186. The lowest BCUT2D eigenvalue weighted by Gasteiger charge is -2.24. The average molecular weight is 616 g/mol. The number of nitrogens with zero attached hydrogens (tertiary/aromatic N) is 2. The van der Waals surface area contributed by atoms with Crippen LogP contribution in [0.4, 0.5) is 0 Å². The number of hydrogen-bond donors (Lipinski definition) is 0. The number of para-hydroxylation sites is 3. The Bertz CT molecular complexity index is 2580. The van der Waals surface area contributed by atoms with Gasteiger partial charge in [-0.05, 0) is 94.5 Å². The van der Waals surface area contributed by atoms with Crippen molar-refractivity contribution in [2.24, 2.45) is 0 Å². The van der Waals surface area contributed by atoms with Crippen molar-refractivity contribution in [2.45, 2.75) is 46.3 Å². The average Bonchev–Trinajstić information content (AvgIpc) is 3.69. The standard InChI is InChI=1S/C44H38N2O/c1-27(2)36-25-33(32-21-19-31(20-22-32)30-12-7-6-8-13-30)26-37(28(3)4)42(36)46-40-17-10-9-16-39(40)45-44(46)35-15-11-14-34-38-24-29(5)18-23-41(38)47-43(34)35/h6-28H,1-5H3/i5D3,27D,28D. The summed E-state index contributed by atoms with van der Waals surface area (Å²) in [5.41, 5.74) is 10.2. The van der Waals surface area contributed by atoms with Crippen LogP contribution in [0.25, 0.3) is 72.3 Å². The number of aromatic nitrogens is 2. The summed E-state index contributed by atoms with van der Waals surface area (Å²) in [6, 6.07) is 41.7. The largest absolute Gasteiger partial charge is 0.455 e. The van der Waals surface area contributed by atoms with E-state index in [-0.39, 0.29) is 5.56 Å². The van der Waals surface area contributed by atoms with Gasteiger partial charge in [0.2, 0.25) is 0 Å². The van der Waals surface area contributed by atoms with Crippen molar-refractivity contribution in [1.29, 1.82) is 0 Å². The number of rotatable bonds is 6. The van der Waals surface area contributed by atoms with Crippen LogP contribution in [-0.2, 0) is 0 Å². The van der Waals surface area contributed by atoms with Crippen molar-refractivity contribution < 1.29 is 11.3 Å². The summed E-state index contributed by atoms with van der Waals surface area (Å²) in [7, 11) is 0. The van der Waals surface area contributed by atoms with E-state index in [1.807, 2.05) is 88.4 Å². The van der Waals surface area contributed by atoms with Gasteiger partial charge in [0.05, 0.1) is 22.3 Å². The van der Waals surface area contributed by atoms with E-state index in [4.69, 9.17) is 13.5 Å². The van der Waals surface area contributed by atoms with Gasteiger partial charge in [0.15, 0.2) is 0 Å². The third-order valence-corrected chi connectivity index (χ3v) is 9.03. The van der Waals surface area contributed by atoms with Gasteiger partial charge in [0.1, 0.15) is 17.0 Å². The van der Waals surface area contributed by atoms with Crippen LogP contribution in [0.2, 0.25) is 0 Å². The van der Waals surface area contributed by atoms with Gasteiger partial charge >= 0.3 is 0 Å². The molecule has 47 heavy (non-hydrogen) atoms. The van der Waals surface area contributed by atoms with E-state index in [1.165, 1.54) is 0 Å². The minimum absolute atomic E-state index is 0.250. The highest BCUT2D eigenvalue weighted by molar-refractivity contribution is 6.09. The van der Waals surface area contributed by atoms with Gasteiger partial charge < -0.3 is 4.42 Å². The molecule has 0 amide bonds. The molecular formula is C44H38N2O. The van der Waals surface area contributed by atoms with Crippen LogP contribution in [0.5, 0.6) is 0 Å². The molecule has 0 saturated heterocycles. The van der Waals surface area contributed by atoms with Gasteiger partial charge in [-0.25, -0.2) is 4.98 Å². The minimum Gasteiger partial charge on any atom is -0.455 e. The molecule has 0 atom stereocenters. The monoisotopic (exact) mass is 615 g/mol. The molecule has 6 aromatic carbocycles. The lowest BCUT2D eigenvalue weighted by atomic mass is 9.87. The molecule has 2 aromatic heterocycles. The highest BCUT2D eigenvalue weighted by atomic mass is 16.3. The molecule has 0 aliphatic heterocycles. The zero-order valence-electron chi connectivity index (χ0n) is 31.9. The van der Waals surface area contributed by atoms with Crippen LogP contribution >= 0.6 is 0 Å². The second kappa shape index (κ2) is 11.4. The summed E-state index contributed by atoms with van der Waals surface area (Å²) in [4.78, 5) is 5.19. The molecule has 2 heterocycles. The Hall–Kier alpha value is -5.41. The number of aryl methyl sites for hydroxylation is 1. The van der Waals surface area contributed by atoms with Gasteiger partial charge in [0, 0.05) is 17.6 Å². The maximum atomic E-state index is 9.52. The van der Waals surface area contributed by atoms with Gasteiger partial charge in [-0.1, -0.05) is 118 Å². The predicted molar refractivity (Wildman–Crippen MR) is 198 cm³/mol. The van der Waals surface area contributed by atoms with Crippen LogP contribution in [0.15, 0.2) is 132 Å². The molecule has 0 aliphatic carbocycles. The smallest absolute Gasteiger partial charge is 0.149 e. The fourth-order valence-electron chi connectivity index (χ4n) is 6.70. The Balaban J connectivity index is 1.40. The predicted octanol–water partition coefficient (Wildman–Crippen LogP) is 12.5. The molecule has 3 nitrogen and oxygen atoms in total. The molecule has 230 valence electrons. The maximum Gasteiger partial charge on any atom is 0.149 e. The van der Waals surface area contributed by atoms with E-state index < -0.39 is 18.6 Å². The summed E-state index contributed by atoms with van der Waals surface area (Å²) in [5, 5.41) is 1.50. The molecule has 8 rings (SSSR count). The SMILES string of the molecule is [2H]C([2H])([2H])c1ccc2oc3c(-c4nc5ccccc5n4-c4c(C([2H])(C)C)cc(-c5ccc(-c6ccccc6)cc5)cc4C([2H])(C)C)cccc3c2c1. The second-order valence-electron chi connectivity index (χ2n) is 12.6. The van der Waals surface area contributed by atoms with E-state index in [0.717, 1.165) is 66.4 Å². The molecule has 0 bridgehead atoms. The van der Waals surface area contributed by atoms with Crippen LogP contribution in [0, 0.1) is 6.85 Å². The van der Waals surface area contributed by atoms with E-state index in [9.17, 15) is 2.74 Å². The van der Waals surface area contributed by atoms with E-state index >= 15 is 0 Å². The van der Waals surface area contributed by atoms with E-state index in [1.54, 1.807) is 18.2 Å². The molecular weight excluding hydrogens is 572 g/mol. The van der Waals surface area contributed by atoms with E-state index in [2.05, 4.69) is 53.1 Å². The van der Waals surface area contributed by atoms with Crippen molar-refractivity contribution in [2.75, 3.05) is 0 Å². The fraction of sp³-hybridized carbons (Fsp3) is 0.159. The zero-order valence-corrected chi connectivity index (χ0v) is 26.9. The Morgan fingerprint density at radius 3 is 2.00 bits per heavy atom. The number of imidazole rings is 1. The van der Waals surface area contributed by atoms with Crippen molar-refractivity contribution in [3.63, 3.8) is 0 Å². The first-order valence-corrected chi connectivity index (χ1v) is 16.0. The molecule has 0 unspecified atom stereocenters. The van der Waals surface area contributed by atoms with Crippen molar-refractivity contribution in [3.05, 3.63) is 144 Å². The molecule has 8 aromatic rings. The van der Waals surface area contributed by atoms with Crippen LogP contribution in [-0.4, -0.2) is 9.55 Å². The Morgan fingerprint density at radius 1 is 0.638 bits per heavy atom. The van der Waals surface area contributed by atoms with Gasteiger partial charge in [-0.15, -0.1) is 0 Å². The number of hydrogen-bond acceptors (Lipinski definition) is 2. The summed E-state index contributed by atoms with van der Waals surface area (Å²) in [6.07, 6.45) is 0. The fourth-order valence-corrected chi connectivity index (χ4v) is 6.70.